The topological polar surface area (TPSA) is 118 Å². The predicted molar refractivity (Wildman–Crippen MR) is 146 cm³/mol. The van der Waals surface area contributed by atoms with Gasteiger partial charge in [-0.1, -0.05) is 12.1 Å². The smallest absolute Gasteiger partial charge is 0.336 e. The Morgan fingerprint density at radius 2 is 1.62 bits per heavy atom. The van der Waals surface area contributed by atoms with Crippen LogP contribution in [-0.4, -0.2) is 40.2 Å². The summed E-state index contributed by atoms with van der Waals surface area (Å²) in [7, 11) is 1.61. The van der Waals surface area contributed by atoms with E-state index in [2.05, 4.69) is 15.6 Å². The Balaban J connectivity index is 1.33. The van der Waals surface area contributed by atoms with Crippen molar-refractivity contribution in [3.63, 3.8) is 0 Å². The van der Waals surface area contributed by atoms with E-state index in [4.69, 9.17) is 4.74 Å². The van der Waals surface area contributed by atoms with Crippen LogP contribution in [0.2, 0.25) is 0 Å². The van der Waals surface area contributed by atoms with Gasteiger partial charge in [-0.3, -0.25) is 9.59 Å². The molecule has 10 heteroatoms. The monoisotopic (exact) mass is 533 g/mol. The molecule has 8 nitrogen and oxygen atoms in total. The number of benzene rings is 3. The zero-order chi connectivity index (χ0) is 26.4. The Morgan fingerprint density at radius 3 is 2.27 bits per heavy atom. The molecule has 1 aromatic heterocycles. The normalized spacial score (nSPS) is 11.4. The third-order valence-electron chi connectivity index (χ3n) is 5.32. The fraction of sp³-hybridized carbons (Fsp3) is 0.111. The van der Waals surface area contributed by atoms with Crippen LogP contribution in [0.25, 0.3) is 11.3 Å². The first kappa shape index (κ1) is 25.9. The minimum atomic E-state index is -1.17. The number of carbonyl (C=O) groups is 3. The number of carboxylic acids is 1. The van der Waals surface area contributed by atoms with E-state index in [1.54, 1.807) is 50.4 Å². The predicted octanol–water partition coefficient (Wildman–Crippen LogP) is 5.89. The quantitative estimate of drug-likeness (QED) is 0.230. The van der Waals surface area contributed by atoms with Crippen LogP contribution in [0.3, 0.4) is 0 Å². The van der Waals surface area contributed by atoms with Gasteiger partial charge in [-0.15, -0.1) is 23.1 Å². The second-order valence-electron chi connectivity index (χ2n) is 7.84. The Kier molecular flexibility index (Phi) is 8.22. The fourth-order valence-corrected chi connectivity index (χ4v) is 4.96. The highest BCUT2D eigenvalue weighted by molar-refractivity contribution is 8.00. The molecule has 1 heterocycles. The molecule has 0 saturated heterocycles. The number of aromatic carboxylic acids is 1. The van der Waals surface area contributed by atoms with Gasteiger partial charge in [-0.05, 0) is 67.6 Å². The van der Waals surface area contributed by atoms with E-state index in [0.29, 0.717) is 10.8 Å². The molecule has 0 fully saturated rings. The lowest BCUT2D eigenvalue weighted by Gasteiger charge is -2.12. The number of methoxy groups -OCH3 is 1. The highest BCUT2D eigenvalue weighted by Crippen LogP contribution is 2.29. The van der Waals surface area contributed by atoms with Crippen molar-refractivity contribution in [1.29, 1.82) is 0 Å². The highest BCUT2D eigenvalue weighted by Gasteiger charge is 2.18. The zero-order valence-electron chi connectivity index (χ0n) is 19.9. The first-order chi connectivity index (χ1) is 17.8. The van der Waals surface area contributed by atoms with Crippen LogP contribution >= 0.6 is 23.1 Å². The van der Waals surface area contributed by atoms with Gasteiger partial charge in [0, 0.05) is 21.5 Å². The SMILES string of the molecule is COc1ccc(-c2csc(NC(=O)C(C)Sc3ccc(NC(=O)c4ccccc4C(=O)O)cc3)n2)cc1. The molecule has 4 rings (SSSR count). The van der Waals surface area contributed by atoms with Crippen LogP contribution in [0.15, 0.2) is 83.1 Å². The number of nitrogens with one attached hydrogen (secondary N) is 2. The first-order valence-electron chi connectivity index (χ1n) is 11.2. The minimum absolute atomic E-state index is 0.0663. The number of ether oxygens (including phenoxy) is 1. The van der Waals surface area contributed by atoms with Gasteiger partial charge in [-0.25, -0.2) is 9.78 Å². The molecule has 188 valence electrons. The molecular weight excluding hydrogens is 510 g/mol. The molecule has 1 unspecified atom stereocenters. The van der Waals surface area contributed by atoms with Crippen molar-refractivity contribution in [3.8, 4) is 17.0 Å². The maximum atomic E-state index is 12.7. The number of carboxylic acid groups (broad SMARTS) is 1. The molecule has 3 aromatic carbocycles. The van der Waals surface area contributed by atoms with Gasteiger partial charge in [0.2, 0.25) is 5.91 Å². The Morgan fingerprint density at radius 1 is 0.946 bits per heavy atom. The van der Waals surface area contributed by atoms with E-state index >= 15 is 0 Å². The van der Waals surface area contributed by atoms with E-state index in [-0.39, 0.29) is 17.0 Å². The molecule has 2 amide bonds. The van der Waals surface area contributed by atoms with Gasteiger partial charge in [0.05, 0.1) is 29.2 Å². The Bertz CT molecular complexity index is 1420. The number of carbonyl (C=O) groups excluding carboxylic acids is 2. The van der Waals surface area contributed by atoms with Gasteiger partial charge in [-0.2, -0.15) is 0 Å². The lowest BCUT2D eigenvalue weighted by Crippen LogP contribution is -2.22. The third-order valence-corrected chi connectivity index (χ3v) is 7.19. The van der Waals surface area contributed by atoms with Crippen molar-refractivity contribution in [3.05, 3.63) is 89.3 Å². The van der Waals surface area contributed by atoms with Crippen LogP contribution in [0, 0.1) is 0 Å². The number of thioether (sulfide) groups is 1. The molecule has 0 aliphatic heterocycles. The minimum Gasteiger partial charge on any atom is -0.497 e. The van der Waals surface area contributed by atoms with Crippen molar-refractivity contribution >= 4 is 51.7 Å². The highest BCUT2D eigenvalue weighted by atomic mass is 32.2. The van der Waals surface area contributed by atoms with Crippen molar-refractivity contribution in [2.75, 3.05) is 17.7 Å². The summed E-state index contributed by atoms with van der Waals surface area (Å²) >= 11 is 2.72. The van der Waals surface area contributed by atoms with Crippen LogP contribution in [0.1, 0.15) is 27.6 Å². The van der Waals surface area contributed by atoms with Gasteiger partial charge in [0.15, 0.2) is 5.13 Å². The molecule has 37 heavy (non-hydrogen) atoms. The van der Waals surface area contributed by atoms with Crippen molar-refractivity contribution in [1.82, 2.24) is 4.98 Å². The van der Waals surface area contributed by atoms with Crippen LogP contribution < -0.4 is 15.4 Å². The molecule has 1 atom stereocenters. The van der Waals surface area contributed by atoms with Gasteiger partial charge < -0.3 is 20.5 Å². The molecule has 4 aromatic rings. The van der Waals surface area contributed by atoms with E-state index < -0.39 is 17.1 Å². The largest absolute Gasteiger partial charge is 0.497 e. The molecule has 3 N–H and O–H groups in total. The molecule has 0 saturated carbocycles. The van der Waals surface area contributed by atoms with Crippen molar-refractivity contribution in [2.45, 2.75) is 17.1 Å². The number of rotatable bonds is 9. The molecule has 0 aliphatic carbocycles. The summed E-state index contributed by atoms with van der Waals surface area (Å²) in [5, 5.41) is 16.9. The van der Waals surface area contributed by atoms with Crippen LogP contribution in [-0.2, 0) is 4.79 Å². The maximum absolute atomic E-state index is 12.7. The maximum Gasteiger partial charge on any atom is 0.336 e. The number of nitrogens with zero attached hydrogens (tertiary/aromatic N) is 1. The third kappa shape index (κ3) is 6.54. The van der Waals surface area contributed by atoms with Gasteiger partial charge in [0.25, 0.3) is 5.91 Å². The second-order valence-corrected chi connectivity index (χ2v) is 10.1. The Labute approximate surface area is 221 Å². The lowest BCUT2D eigenvalue weighted by atomic mass is 10.1. The first-order valence-corrected chi connectivity index (χ1v) is 12.9. The fourth-order valence-electron chi connectivity index (χ4n) is 3.37. The van der Waals surface area contributed by atoms with E-state index in [1.165, 1.54) is 35.2 Å². The van der Waals surface area contributed by atoms with Gasteiger partial charge in [0.1, 0.15) is 5.75 Å². The van der Waals surface area contributed by atoms with Crippen LogP contribution in [0.4, 0.5) is 10.8 Å². The number of hydrogen-bond donors (Lipinski definition) is 3. The molecular formula is C27H23N3O5S2. The van der Waals surface area contributed by atoms with Crippen molar-refractivity contribution in [2.24, 2.45) is 0 Å². The number of aromatic nitrogens is 1. The molecule has 0 radical (unpaired) electrons. The van der Waals surface area contributed by atoms with Gasteiger partial charge >= 0.3 is 5.97 Å². The summed E-state index contributed by atoms with van der Waals surface area (Å²) < 4.78 is 5.18. The van der Waals surface area contributed by atoms with Crippen molar-refractivity contribution < 1.29 is 24.2 Å². The average Bonchev–Trinajstić information content (AvgIpc) is 3.38. The Hall–Kier alpha value is -4.15. The standard InChI is InChI=1S/C27H23N3O5S2/c1-16(24(31)30-27-29-23(15-36-27)17-7-11-19(35-2)12-8-17)37-20-13-9-18(10-14-20)28-25(32)21-5-3-4-6-22(21)26(33)34/h3-16H,1-2H3,(H,28,32)(H,33,34)(H,29,30,31). The lowest BCUT2D eigenvalue weighted by molar-refractivity contribution is -0.115. The second kappa shape index (κ2) is 11.7. The molecule has 0 bridgehead atoms. The number of anilines is 2. The van der Waals surface area contributed by atoms with Crippen LogP contribution in [0.5, 0.6) is 5.75 Å². The summed E-state index contributed by atoms with van der Waals surface area (Å²) in [6.07, 6.45) is 0. The summed E-state index contributed by atoms with van der Waals surface area (Å²) in [5.74, 6) is -1.09. The molecule has 0 spiro atoms. The van der Waals surface area contributed by atoms with E-state index in [1.807, 2.05) is 29.6 Å². The summed E-state index contributed by atoms with van der Waals surface area (Å²) in [5.41, 5.74) is 2.23. The number of amides is 2. The summed E-state index contributed by atoms with van der Waals surface area (Å²) in [4.78, 5) is 42.0. The number of hydrogen-bond acceptors (Lipinski definition) is 7. The summed E-state index contributed by atoms with van der Waals surface area (Å²) in [6, 6.07) is 20.6. The summed E-state index contributed by atoms with van der Waals surface area (Å²) in [6.45, 7) is 1.80. The van der Waals surface area contributed by atoms with E-state index in [0.717, 1.165) is 21.9 Å². The average molecular weight is 534 g/mol. The zero-order valence-corrected chi connectivity index (χ0v) is 21.6. The van der Waals surface area contributed by atoms with E-state index in [9.17, 15) is 19.5 Å². The number of thiazole rings is 1. The molecule has 0 aliphatic rings.